The number of nitrogens with zero attached hydrogens (tertiary/aromatic N) is 1. The fraction of sp³-hybridized carbons (Fsp3) is 0.714. The average Bonchev–Trinajstić information content (AvgIpc) is 1.83. The van der Waals surface area contributed by atoms with Crippen LogP contribution >= 0.6 is 0 Å². The van der Waals surface area contributed by atoms with Crippen molar-refractivity contribution in [3.05, 3.63) is 0 Å². The van der Waals surface area contributed by atoms with E-state index in [9.17, 15) is 9.59 Å². The molecule has 0 aliphatic carbocycles. The van der Waals surface area contributed by atoms with Gasteiger partial charge in [-0.2, -0.15) is 0 Å². The van der Waals surface area contributed by atoms with Gasteiger partial charge in [-0.25, -0.2) is 14.9 Å². The van der Waals surface area contributed by atoms with Gasteiger partial charge in [-0.05, 0) is 28.1 Å². The third-order valence-electron chi connectivity index (χ3n) is 0.558. The lowest BCUT2D eigenvalue weighted by molar-refractivity contribution is 0.192. The number of imide groups is 1. The summed E-state index contributed by atoms with van der Waals surface area (Å²) in [5, 5.41) is 11.8. The number of carbonyl (C=O) groups excluding carboxylic acids is 1. The molecule has 0 unspecified atom stereocenters. The second kappa shape index (κ2) is 8.79. The highest BCUT2D eigenvalue weighted by Gasteiger charge is 2.00. The number of hydrogen-bond acceptors (Lipinski definition) is 3. The fourth-order valence-electron chi connectivity index (χ4n) is 0.302. The average molecular weight is 191 g/mol. The molecular weight excluding hydrogens is 174 g/mol. The van der Waals surface area contributed by atoms with Crippen LogP contribution in [0.1, 0.15) is 6.92 Å². The lowest BCUT2D eigenvalue weighted by Gasteiger charge is -1.97. The fourth-order valence-corrected chi connectivity index (χ4v) is 0.302. The Labute approximate surface area is 77.9 Å². The monoisotopic (exact) mass is 191 g/mol. The summed E-state index contributed by atoms with van der Waals surface area (Å²) >= 11 is 0. The first-order valence-corrected chi connectivity index (χ1v) is 3.78. The van der Waals surface area contributed by atoms with Crippen molar-refractivity contribution in [2.24, 2.45) is 0 Å². The van der Waals surface area contributed by atoms with E-state index in [0.717, 1.165) is 0 Å². The van der Waals surface area contributed by atoms with E-state index in [1.54, 1.807) is 12.2 Å². The van der Waals surface area contributed by atoms with E-state index < -0.39 is 12.1 Å². The summed E-state index contributed by atoms with van der Waals surface area (Å²) in [4.78, 5) is 22.0. The first kappa shape index (κ1) is 14.2. The maximum Gasteiger partial charge on any atom is 0.412 e. The molecule has 0 aliphatic rings. The van der Waals surface area contributed by atoms with Crippen LogP contribution in [0.4, 0.5) is 9.59 Å². The molecule has 0 spiro atoms. The Morgan fingerprint density at radius 2 is 1.69 bits per heavy atom. The van der Waals surface area contributed by atoms with E-state index in [1.807, 2.05) is 26.0 Å². The lowest BCUT2D eigenvalue weighted by atomic mass is 10.7. The van der Waals surface area contributed by atoms with E-state index in [0.29, 0.717) is 6.54 Å². The Morgan fingerprint density at radius 1 is 1.31 bits per heavy atom. The van der Waals surface area contributed by atoms with Crippen LogP contribution in [0.5, 0.6) is 0 Å². The zero-order valence-electron chi connectivity index (χ0n) is 8.42. The van der Waals surface area contributed by atoms with Crippen molar-refractivity contribution >= 4 is 12.1 Å². The summed E-state index contributed by atoms with van der Waals surface area (Å²) in [7, 11) is 6.00. The Hall–Kier alpha value is -1.30. The zero-order valence-corrected chi connectivity index (χ0v) is 8.42. The number of carboxylic acid groups (broad SMARTS) is 1. The van der Waals surface area contributed by atoms with Crippen molar-refractivity contribution in [3.63, 3.8) is 0 Å². The topological polar surface area (TPSA) is 81.7 Å². The molecule has 0 aromatic carbocycles. The minimum atomic E-state index is -1.35. The first-order chi connectivity index (χ1) is 5.90. The zero-order chi connectivity index (χ0) is 10.9. The Morgan fingerprint density at radius 3 is 1.92 bits per heavy atom. The van der Waals surface area contributed by atoms with Crippen LogP contribution in [-0.4, -0.2) is 49.8 Å². The van der Waals surface area contributed by atoms with Gasteiger partial charge in [-0.15, -0.1) is 0 Å². The van der Waals surface area contributed by atoms with Gasteiger partial charge in [0.2, 0.25) is 0 Å². The summed E-state index contributed by atoms with van der Waals surface area (Å²) in [5.41, 5.74) is 0. The SMILES string of the molecule is CCNC(=O)NC(=O)O.CN(C)C. The standard InChI is InChI=1S/C4H8N2O3.C3H9N/c1-2-5-3(7)6-4(8)9;1-4(2)3/h2H2,1H3,(H,8,9)(H2,5,6,7);1-3H3. The molecule has 78 valence electrons. The number of rotatable bonds is 1. The molecule has 0 aromatic rings. The van der Waals surface area contributed by atoms with E-state index in [-0.39, 0.29) is 0 Å². The van der Waals surface area contributed by atoms with Crippen LogP contribution in [0.2, 0.25) is 0 Å². The third kappa shape index (κ3) is 24.9. The predicted molar refractivity (Wildman–Crippen MR) is 49.8 cm³/mol. The van der Waals surface area contributed by atoms with Crippen LogP contribution in [0.25, 0.3) is 0 Å². The molecule has 3 N–H and O–H groups in total. The van der Waals surface area contributed by atoms with E-state index in [2.05, 4.69) is 5.32 Å². The van der Waals surface area contributed by atoms with Gasteiger partial charge in [-0.3, -0.25) is 0 Å². The second-order valence-electron chi connectivity index (χ2n) is 2.63. The normalized spacial score (nSPS) is 8.38. The Kier molecular flexibility index (Phi) is 9.63. The highest BCUT2D eigenvalue weighted by molar-refractivity contribution is 5.89. The van der Waals surface area contributed by atoms with Crippen molar-refractivity contribution in [1.29, 1.82) is 0 Å². The van der Waals surface area contributed by atoms with Crippen LogP contribution in [0.3, 0.4) is 0 Å². The summed E-state index contributed by atoms with van der Waals surface area (Å²) in [6.45, 7) is 2.11. The van der Waals surface area contributed by atoms with Crippen LogP contribution in [0, 0.1) is 0 Å². The molecule has 0 saturated carbocycles. The maximum absolute atomic E-state index is 10.3. The van der Waals surface area contributed by atoms with Crippen molar-refractivity contribution in [2.45, 2.75) is 6.92 Å². The van der Waals surface area contributed by atoms with E-state index in [1.165, 1.54) is 0 Å². The minimum absolute atomic E-state index is 0.416. The van der Waals surface area contributed by atoms with Gasteiger partial charge in [0.05, 0.1) is 0 Å². The highest BCUT2D eigenvalue weighted by Crippen LogP contribution is 1.63. The molecule has 0 saturated heterocycles. The first-order valence-electron chi connectivity index (χ1n) is 3.78. The molecule has 0 bridgehead atoms. The molecule has 13 heavy (non-hydrogen) atoms. The highest BCUT2D eigenvalue weighted by atomic mass is 16.4. The van der Waals surface area contributed by atoms with Gasteiger partial charge >= 0.3 is 12.1 Å². The third-order valence-corrected chi connectivity index (χ3v) is 0.558. The molecule has 0 atom stereocenters. The Balaban J connectivity index is 0. The van der Waals surface area contributed by atoms with Crippen molar-refractivity contribution in [1.82, 2.24) is 15.5 Å². The molecule has 0 rings (SSSR count). The number of urea groups is 1. The summed E-state index contributed by atoms with van der Waals surface area (Å²) in [5.74, 6) is 0. The molecule has 0 aromatic heterocycles. The quantitative estimate of drug-likeness (QED) is 0.551. The number of nitrogens with one attached hydrogen (secondary N) is 2. The molecule has 0 fully saturated rings. The summed E-state index contributed by atoms with van der Waals surface area (Å²) in [6.07, 6.45) is -1.35. The summed E-state index contributed by atoms with van der Waals surface area (Å²) < 4.78 is 0. The van der Waals surface area contributed by atoms with Crippen molar-refractivity contribution in [3.8, 4) is 0 Å². The van der Waals surface area contributed by atoms with Gasteiger partial charge in [0, 0.05) is 6.54 Å². The Bertz CT molecular complexity index is 156. The molecule has 3 amide bonds. The second-order valence-corrected chi connectivity index (χ2v) is 2.63. The van der Waals surface area contributed by atoms with Crippen LogP contribution in [0.15, 0.2) is 0 Å². The largest absolute Gasteiger partial charge is 0.465 e. The van der Waals surface area contributed by atoms with Crippen LogP contribution < -0.4 is 10.6 Å². The van der Waals surface area contributed by atoms with E-state index in [4.69, 9.17) is 5.11 Å². The van der Waals surface area contributed by atoms with Gasteiger partial charge < -0.3 is 15.3 Å². The van der Waals surface area contributed by atoms with Gasteiger partial charge in [0.25, 0.3) is 0 Å². The van der Waals surface area contributed by atoms with Gasteiger partial charge in [0.15, 0.2) is 0 Å². The number of hydrogen-bond donors (Lipinski definition) is 3. The number of carbonyl (C=O) groups is 2. The molecule has 0 heterocycles. The molecule has 6 nitrogen and oxygen atoms in total. The predicted octanol–water partition coefficient (Wildman–Crippen LogP) is 0.161. The lowest BCUT2D eigenvalue weighted by Crippen LogP contribution is -2.38. The molecule has 0 radical (unpaired) electrons. The van der Waals surface area contributed by atoms with Gasteiger partial charge in [-0.1, -0.05) is 0 Å². The van der Waals surface area contributed by atoms with Gasteiger partial charge in [0.1, 0.15) is 0 Å². The van der Waals surface area contributed by atoms with E-state index >= 15 is 0 Å². The summed E-state index contributed by atoms with van der Waals surface area (Å²) in [6, 6.07) is -0.690. The number of amides is 3. The van der Waals surface area contributed by atoms with Crippen molar-refractivity contribution in [2.75, 3.05) is 27.7 Å². The van der Waals surface area contributed by atoms with Crippen LogP contribution in [-0.2, 0) is 0 Å². The molecular formula is C7H17N3O3. The molecule has 0 aliphatic heterocycles. The maximum atomic E-state index is 10.3. The molecule has 6 heteroatoms. The smallest absolute Gasteiger partial charge is 0.412 e. The minimum Gasteiger partial charge on any atom is -0.465 e. The van der Waals surface area contributed by atoms with Crippen molar-refractivity contribution < 1.29 is 14.7 Å².